The van der Waals surface area contributed by atoms with Crippen molar-refractivity contribution in [2.24, 2.45) is 5.92 Å². The molecule has 0 saturated carbocycles. The van der Waals surface area contributed by atoms with Crippen LogP contribution in [0.15, 0.2) is 0 Å². The molecular weight excluding hydrogens is 176 g/mol. The molecule has 1 unspecified atom stereocenters. The van der Waals surface area contributed by atoms with E-state index in [1.807, 2.05) is 0 Å². The number of rotatable bonds is 4. The molecule has 14 heavy (non-hydrogen) atoms. The molecule has 1 atom stereocenters. The van der Waals surface area contributed by atoms with Crippen LogP contribution >= 0.6 is 0 Å². The van der Waals surface area contributed by atoms with Gasteiger partial charge in [0.1, 0.15) is 6.29 Å². The second-order valence-electron chi connectivity index (χ2n) is 4.68. The lowest BCUT2D eigenvalue weighted by molar-refractivity contribution is -0.114. The van der Waals surface area contributed by atoms with Crippen LogP contribution in [0.2, 0.25) is 0 Å². The molecule has 0 aromatic heterocycles. The average molecular weight is 198 g/mol. The molecule has 0 amide bonds. The van der Waals surface area contributed by atoms with Crippen LogP contribution < -0.4 is 0 Å². The van der Waals surface area contributed by atoms with Crippen LogP contribution in [-0.2, 0) is 4.79 Å². The molecule has 1 saturated heterocycles. The van der Waals surface area contributed by atoms with Crippen LogP contribution in [0.3, 0.4) is 0 Å². The molecule has 3 heteroatoms. The van der Waals surface area contributed by atoms with Gasteiger partial charge >= 0.3 is 0 Å². The third-order valence-corrected chi connectivity index (χ3v) is 2.89. The van der Waals surface area contributed by atoms with Gasteiger partial charge in [-0.3, -0.25) is 4.90 Å². The minimum atomic E-state index is 0.118. The van der Waals surface area contributed by atoms with Gasteiger partial charge in [0.25, 0.3) is 0 Å². The molecule has 0 spiro atoms. The Hall–Kier alpha value is -0.410. The van der Waals surface area contributed by atoms with Gasteiger partial charge in [0.2, 0.25) is 0 Å². The van der Waals surface area contributed by atoms with E-state index in [0.717, 1.165) is 38.4 Å². The minimum Gasteiger partial charge on any atom is -0.303 e. The number of likely N-dealkylation sites (N-methyl/N-ethyl adjacent to an activating group) is 1. The van der Waals surface area contributed by atoms with Crippen molar-refractivity contribution in [3.63, 3.8) is 0 Å². The molecule has 1 fully saturated rings. The highest BCUT2D eigenvalue weighted by Gasteiger charge is 2.24. The van der Waals surface area contributed by atoms with Gasteiger partial charge < -0.3 is 9.69 Å². The maximum atomic E-state index is 10.9. The highest BCUT2D eigenvalue weighted by atomic mass is 16.1. The normalized spacial score (nSPS) is 25.6. The zero-order valence-corrected chi connectivity index (χ0v) is 9.57. The Balaban J connectivity index is 2.38. The summed E-state index contributed by atoms with van der Waals surface area (Å²) >= 11 is 0. The summed E-state index contributed by atoms with van der Waals surface area (Å²) < 4.78 is 0. The summed E-state index contributed by atoms with van der Waals surface area (Å²) in [4.78, 5) is 15.4. The van der Waals surface area contributed by atoms with Crippen molar-refractivity contribution in [1.29, 1.82) is 0 Å². The Morgan fingerprint density at radius 2 is 2.14 bits per heavy atom. The van der Waals surface area contributed by atoms with Gasteiger partial charge in [0.15, 0.2) is 0 Å². The van der Waals surface area contributed by atoms with Gasteiger partial charge in [0, 0.05) is 19.6 Å². The van der Waals surface area contributed by atoms with E-state index in [2.05, 4.69) is 30.7 Å². The van der Waals surface area contributed by atoms with Crippen molar-refractivity contribution in [1.82, 2.24) is 9.80 Å². The van der Waals surface area contributed by atoms with E-state index in [-0.39, 0.29) is 6.04 Å². The summed E-state index contributed by atoms with van der Waals surface area (Å²) in [6.07, 6.45) is 2.28. The van der Waals surface area contributed by atoms with Crippen LogP contribution in [0, 0.1) is 5.92 Å². The highest BCUT2D eigenvalue weighted by molar-refractivity contribution is 5.58. The molecule has 0 radical (unpaired) electrons. The second-order valence-corrected chi connectivity index (χ2v) is 4.68. The number of nitrogens with zero attached hydrogens (tertiary/aromatic N) is 2. The first-order chi connectivity index (χ1) is 6.63. The van der Waals surface area contributed by atoms with Crippen LogP contribution in [0.4, 0.5) is 0 Å². The first-order valence-electron chi connectivity index (χ1n) is 5.51. The summed E-state index contributed by atoms with van der Waals surface area (Å²) in [7, 11) is 2.08. The van der Waals surface area contributed by atoms with Gasteiger partial charge in [-0.2, -0.15) is 0 Å². The third-order valence-electron chi connectivity index (χ3n) is 2.89. The first-order valence-corrected chi connectivity index (χ1v) is 5.51. The van der Waals surface area contributed by atoms with Crippen LogP contribution in [0.1, 0.15) is 20.3 Å². The van der Waals surface area contributed by atoms with Gasteiger partial charge in [-0.05, 0) is 25.9 Å². The molecule has 82 valence electrons. The number of piperazine rings is 1. The lowest BCUT2D eigenvalue weighted by Gasteiger charge is -2.37. The number of carbonyl (C=O) groups excluding carboxylic acids is 1. The van der Waals surface area contributed by atoms with Crippen molar-refractivity contribution >= 4 is 6.29 Å². The number of hydrogen-bond donors (Lipinski definition) is 0. The van der Waals surface area contributed by atoms with Gasteiger partial charge in [-0.25, -0.2) is 0 Å². The van der Waals surface area contributed by atoms with Crippen LogP contribution in [0.5, 0.6) is 0 Å². The molecule has 1 heterocycles. The Morgan fingerprint density at radius 1 is 1.43 bits per heavy atom. The Bertz CT molecular complexity index is 182. The zero-order valence-electron chi connectivity index (χ0n) is 9.57. The van der Waals surface area contributed by atoms with Crippen LogP contribution in [-0.4, -0.2) is 55.4 Å². The monoisotopic (exact) mass is 198 g/mol. The van der Waals surface area contributed by atoms with Crippen molar-refractivity contribution in [3.8, 4) is 0 Å². The maximum absolute atomic E-state index is 10.9. The molecule has 3 nitrogen and oxygen atoms in total. The first kappa shape index (κ1) is 11.7. The topological polar surface area (TPSA) is 23.6 Å². The van der Waals surface area contributed by atoms with E-state index in [1.165, 1.54) is 6.42 Å². The Morgan fingerprint density at radius 3 is 2.71 bits per heavy atom. The molecule has 0 bridgehead atoms. The van der Waals surface area contributed by atoms with Crippen molar-refractivity contribution in [2.75, 3.05) is 33.2 Å². The van der Waals surface area contributed by atoms with Gasteiger partial charge in [-0.15, -0.1) is 0 Å². The average Bonchev–Trinajstić information content (AvgIpc) is 2.15. The smallest absolute Gasteiger partial charge is 0.138 e. The molecule has 0 aliphatic carbocycles. The quantitative estimate of drug-likeness (QED) is 0.626. The zero-order chi connectivity index (χ0) is 10.6. The summed E-state index contributed by atoms with van der Waals surface area (Å²) in [6.45, 7) is 8.53. The Labute approximate surface area is 87.1 Å². The number of aldehydes is 1. The van der Waals surface area contributed by atoms with E-state index < -0.39 is 0 Å². The fourth-order valence-electron chi connectivity index (χ4n) is 1.82. The van der Waals surface area contributed by atoms with Gasteiger partial charge in [-0.1, -0.05) is 13.8 Å². The fourth-order valence-corrected chi connectivity index (χ4v) is 1.82. The van der Waals surface area contributed by atoms with E-state index >= 15 is 0 Å². The summed E-state index contributed by atoms with van der Waals surface area (Å²) in [5, 5.41) is 0. The summed E-state index contributed by atoms with van der Waals surface area (Å²) in [5.41, 5.74) is 0. The number of hydrogen-bond acceptors (Lipinski definition) is 3. The molecule has 0 N–H and O–H groups in total. The molecular formula is C11H22N2O. The van der Waals surface area contributed by atoms with E-state index in [0.29, 0.717) is 0 Å². The second kappa shape index (κ2) is 5.47. The van der Waals surface area contributed by atoms with Crippen molar-refractivity contribution in [3.05, 3.63) is 0 Å². The lowest BCUT2D eigenvalue weighted by atomic mass is 10.1. The lowest BCUT2D eigenvalue weighted by Crippen LogP contribution is -2.52. The Kier molecular flexibility index (Phi) is 4.55. The summed E-state index contributed by atoms with van der Waals surface area (Å²) in [6, 6.07) is 0.118. The number of carbonyl (C=O) groups is 1. The molecule has 0 aromatic rings. The molecule has 0 aromatic carbocycles. The van der Waals surface area contributed by atoms with E-state index in [9.17, 15) is 4.79 Å². The van der Waals surface area contributed by atoms with E-state index in [4.69, 9.17) is 0 Å². The summed E-state index contributed by atoms with van der Waals surface area (Å²) in [5.74, 6) is 0.724. The standard InChI is InChI=1S/C11H22N2O/c1-10(2)4-5-13-7-6-12(3)8-11(13)9-14/h9-11H,4-8H2,1-3H3. The molecule has 1 aliphatic heterocycles. The van der Waals surface area contributed by atoms with Crippen LogP contribution in [0.25, 0.3) is 0 Å². The molecule has 1 aliphatic rings. The minimum absolute atomic E-state index is 0.118. The van der Waals surface area contributed by atoms with E-state index in [1.54, 1.807) is 0 Å². The van der Waals surface area contributed by atoms with Crippen molar-refractivity contribution in [2.45, 2.75) is 26.3 Å². The predicted octanol–water partition coefficient (Wildman–Crippen LogP) is 0.847. The molecule has 1 rings (SSSR count). The van der Waals surface area contributed by atoms with Gasteiger partial charge in [0.05, 0.1) is 6.04 Å². The highest BCUT2D eigenvalue weighted by Crippen LogP contribution is 2.09. The van der Waals surface area contributed by atoms with Crippen molar-refractivity contribution < 1.29 is 4.79 Å². The predicted molar refractivity (Wildman–Crippen MR) is 58.4 cm³/mol. The fraction of sp³-hybridized carbons (Fsp3) is 0.909. The largest absolute Gasteiger partial charge is 0.303 e. The maximum Gasteiger partial charge on any atom is 0.138 e. The third kappa shape index (κ3) is 3.39. The SMILES string of the molecule is CC(C)CCN1CCN(C)CC1C=O.